The summed E-state index contributed by atoms with van der Waals surface area (Å²) in [5, 5.41) is 11.2. The minimum absolute atomic E-state index is 0.148. The molecule has 2 aromatic carbocycles. The minimum atomic E-state index is -3.79. The zero-order valence-corrected chi connectivity index (χ0v) is 19.4. The molecule has 1 unspecified atom stereocenters. The van der Waals surface area contributed by atoms with Crippen molar-refractivity contribution in [1.29, 1.82) is 0 Å². The summed E-state index contributed by atoms with van der Waals surface area (Å²) in [5.41, 5.74) is 1.95. The molecule has 1 atom stereocenters. The molecule has 2 heterocycles. The van der Waals surface area contributed by atoms with Gasteiger partial charge in [-0.05, 0) is 61.4 Å². The maximum Gasteiger partial charge on any atom is 0.253 e. The topological polar surface area (TPSA) is 91.2 Å². The number of azo groups is 1. The molecule has 1 aliphatic rings. The van der Waals surface area contributed by atoms with Gasteiger partial charge in [-0.1, -0.05) is 36.2 Å². The van der Waals surface area contributed by atoms with E-state index in [9.17, 15) is 13.2 Å². The van der Waals surface area contributed by atoms with Gasteiger partial charge in [0.1, 0.15) is 10.3 Å². The molecule has 0 radical (unpaired) electrons. The van der Waals surface area contributed by atoms with Crippen LogP contribution in [0.2, 0.25) is 4.34 Å². The van der Waals surface area contributed by atoms with Gasteiger partial charge < -0.3 is 5.32 Å². The van der Waals surface area contributed by atoms with Gasteiger partial charge in [-0.25, -0.2) is 8.42 Å². The first-order valence-electron chi connectivity index (χ1n) is 10.1. The third kappa shape index (κ3) is 5.24. The molecule has 0 bridgehead atoms. The highest BCUT2D eigenvalue weighted by molar-refractivity contribution is 7.91. The van der Waals surface area contributed by atoms with Crippen LogP contribution in [0.1, 0.15) is 19.3 Å². The van der Waals surface area contributed by atoms with Gasteiger partial charge >= 0.3 is 0 Å². The van der Waals surface area contributed by atoms with Gasteiger partial charge in [-0.15, -0.1) is 11.3 Å². The van der Waals surface area contributed by atoms with E-state index in [1.807, 2.05) is 30.3 Å². The highest BCUT2D eigenvalue weighted by atomic mass is 35.5. The number of halogens is 1. The third-order valence-electron chi connectivity index (χ3n) is 5.04. The Kier molecular flexibility index (Phi) is 7.00. The van der Waals surface area contributed by atoms with Crippen LogP contribution in [0.3, 0.4) is 0 Å². The molecule has 1 amide bonds. The smallest absolute Gasteiger partial charge is 0.253 e. The average molecular weight is 489 g/mol. The molecule has 0 saturated carbocycles. The first-order chi connectivity index (χ1) is 15.4. The van der Waals surface area contributed by atoms with Crippen LogP contribution in [0.25, 0.3) is 0 Å². The van der Waals surface area contributed by atoms with Crippen molar-refractivity contribution in [1.82, 2.24) is 4.31 Å². The largest absolute Gasteiger partial charge is 0.325 e. The molecular weight excluding hydrogens is 468 g/mol. The fraction of sp³-hybridized carbons (Fsp3) is 0.227. The molecule has 7 nitrogen and oxygen atoms in total. The molecule has 1 aromatic heterocycles. The average Bonchev–Trinajstić information content (AvgIpc) is 3.26. The van der Waals surface area contributed by atoms with Gasteiger partial charge in [0.25, 0.3) is 10.0 Å². The highest BCUT2D eigenvalue weighted by Crippen LogP contribution is 2.32. The molecule has 1 fully saturated rings. The molecule has 4 rings (SSSR count). The van der Waals surface area contributed by atoms with Gasteiger partial charge in [0.15, 0.2) is 0 Å². The van der Waals surface area contributed by atoms with Crippen LogP contribution in [0.15, 0.2) is 81.2 Å². The van der Waals surface area contributed by atoms with Crippen molar-refractivity contribution in [2.24, 2.45) is 10.2 Å². The Morgan fingerprint density at radius 2 is 1.66 bits per heavy atom. The number of hydrogen-bond acceptors (Lipinski definition) is 6. The summed E-state index contributed by atoms with van der Waals surface area (Å²) in [5.74, 6) is -0.352. The molecule has 0 spiro atoms. The van der Waals surface area contributed by atoms with Gasteiger partial charge in [0.05, 0.1) is 15.7 Å². The molecule has 166 valence electrons. The Bertz CT molecular complexity index is 1210. The maximum absolute atomic E-state index is 13.1. The third-order valence-corrected chi connectivity index (χ3v) is 8.65. The summed E-state index contributed by atoms with van der Waals surface area (Å²) < 4.78 is 28.0. The Labute approximate surface area is 195 Å². The van der Waals surface area contributed by atoms with Crippen molar-refractivity contribution in [3.8, 4) is 0 Å². The lowest BCUT2D eigenvalue weighted by atomic mass is 10.0. The zero-order valence-electron chi connectivity index (χ0n) is 17.0. The number of sulfonamides is 1. The maximum atomic E-state index is 13.1. The van der Waals surface area contributed by atoms with E-state index < -0.39 is 16.1 Å². The predicted molar refractivity (Wildman–Crippen MR) is 127 cm³/mol. The number of nitrogens with zero attached hydrogens (tertiary/aromatic N) is 3. The van der Waals surface area contributed by atoms with Crippen molar-refractivity contribution in [3.63, 3.8) is 0 Å². The molecular formula is C22H21ClN4O3S2. The quantitative estimate of drug-likeness (QED) is 0.431. The molecule has 1 aliphatic heterocycles. The van der Waals surface area contributed by atoms with Gasteiger partial charge in [-0.3, -0.25) is 4.79 Å². The van der Waals surface area contributed by atoms with Crippen LogP contribution in [-0.4, -0.2) is 31.2 Å². The number of nitrogens with one attached hydrogen (secondary N) is 1. The molecule has 1 N–H and O–H groups in total. The van der Waals surface area contributed by atoms with Crippen LogP contribution >= 0.6 is 22.9 Å². The van der Waals surface area contributed by atoms with E-state index in [2.05, 4.69) is 15.5 Å². The number of amides is 1. The monoisotopic (exact) mass is 488 g/mol. The van der Waals surface area contributed by atoms with Crippen molar-refractivity contribution < 1.29 is 13.2 Å². The second-order valence-electron chi connectivity index (χ2n) is 7.26. The first-order valence-corrected chi connectivity index (χ1v) is 12.7. The molecule has 0 aliphatic carbocycles. The number of piperidine rings is 1. The van der Waals surface area contributed by atoms with Crippen LogP contribution in [0.5, 0.6) is 0 Å². The van der Waals surface area contributed by atoms with Crippen molar-refractivity contribution in [3.05, 3.63) is 71.1 Å². The summed E-state index contributed by atoms with van der Waals surface area (Å²) in [7, 11) is -3.79. The number of anilines is 1. The number of carbonyl (C=O) groups excluding carboxylic acids is 1. The van der Waals surface area contributed by atoms with E-state index in [0.717, 1.165) is 23.4 Å². The summed E-state index contributed by atoms with van der Waals surface area (Å²) in [6.07, 6.45) is 1.96. The van der Waals surface area contributed by atoms with E-state index in [-0.39, 0.29) is 10.1 Å². The Hall–Kier alpha value is -2.59. The molecule has 32 heavy (non-hydrogen) atoms. The summed E-state index contributed by atoms with van der Waals surface area (Å²) in [6.45, 7) is 0.300. The number of benzene rings is 2. The number of thiophene rings is 1. The second kappa shape index (κ2) is 9.91. The van der Waals surface area contributed by atoms with E-state index in [1.54, 1.807) is 30.3 Å². The van der Waals surface area contributed by atoms with Crippen molar-refractivity contribution in [2.45, 2.75) is 29.5 Å². The lowest BCUT2D eigenvalue weighted by Gasteiger charge is -2.33. The lowest BCUT2D eigenvalue weighted by Crippen LogP contribution is -2.49. The first kappa shape index (κ1) is 22.6. The van der Waals surface area contributed by atoms with E-state index >= 15 is 0 Å². The Morgan fingerprint density at radius 3 is 2.31 bits per heavy atom. The second-order valence-corrected chi connectivity index (χ2v) is 11.1. The van der Waals surface area contributed by atoms with E-state index in [1.165, 1.54) is 10.4 Å². The summed E-state index contributed by atoms with van der Waals surface area (Å²) in [4.78, 5) is 13.0. The Morgan fingerprint density at radius 1 is 0.969 bits per heavy atom. The van der Waals surface area contributed by atoms with Crippen LogP contribution < -0.4 is 5.32 Å². The van der Waals surface area contributed by atoms with Crippen molar-refractivity contribution >= 4 is 55.9 Å². The number of carbonyl (C=O) groups is 1. The number of rotatable bonds is 6. The summed E-state index contributed by atoms with van der Waals surface area (Å²) >= 11 is 6.92. The van der Waals surface area contributed by atoms with Crippen LogP contribution in [0, 0.1) is 0 Å². The Balaban J connectivity index is 1.45. The van der Waals surface area contributed by atoms with Crippen LogP contribution in [-0.2, 0) is 14.8 Å². The van der Waals surface area contributed by atoms with Crippen LogP contribution in [0.4, 0.5) is 17.1 Å². The lowest BCUT2D eigenvalue weighted by molar-refractivity contribution is -0.120. The normalized spacial score (nSPS) is 17.5. The van der Waals surface area contributed by atoms with E-state index in [0.29, 0.717) is 35.1 Å². The molecule has 3 aromatic rings. The van der Waals surface area contributed by atoms with Gasteiger partial charge in [-0.2, -0.15) is 14.5 Å². The van der Waals surface area contributed by atoms with Crippen molar-refractivity contribution in [2.75, 3.05) is 11.9 Å². The standard InChI is InChI=1S/C22H21ClN4O3S2/c23-20-13-14-21(31-20)32(29,30)27-15-5-4-8-19(27)22(28)24-16-9-11-18(12-10-16)26-25-17-6-2-1-3-7-17/h1-3,6-7,9-14,19H,4-5,8,15H2,(H,24,28). The fourth-order valence-electron chi connectivity index (χ4n) is 3.45. The molecule has 1 saturated heterocycles. The van der Waals surface area contributed by atoms with Gasteiger partial charge in [0, 0.05) is 12.2 Å². The fourth-order valence-corrected chi connectivity index (χ4v) is 6.72. The predicted octanol–water partition coefficient (Wildman–Crippen LogP) is 6.00. The number of hydrogen-bond donors (Lipinski definition) is 1. The molecule has 10 heteroatoms. The highest BCUT2D eigenvalue weighted by Gasteiger charge is 2.38. The van der Waals surface area contributed by atoms with E-state index in [4.69, 9.17) is 11.6 Å². The minimum Gasteiger partial charge on any atom is -0.325 e. The van der Waals surface area contributed by atoms with Gasteiger partial charge in [0.2, 0.25) is 5.91 Å². The SMILES string of the molecule is O=C(Nc1ccc(N=Nc2ccccc2)cc1)C1CCCCN1S(=O)(=O)c1ccc(Cl)s1. The summed E-state index contributed by atoms with van der Waals surface area (Å²) in [6, 6.07) is 18.6. The zero-order chi connectivity index (χ0) is 22.6.